The van der Waals surface area contributed by atoms with Gasteiger partial charge in [0.25, 0.3) is 0 Å². The van der Waals surface area contributed by atoms with Crippen LogP contribution in [0.5, 0.6) is 0 Å². The first-order valence-electron chi connectivity index (χ1n) is 23.8. The average molecular weight is 894 g/mol. The number of hydrogen-bond donors (Lipinski definition) is 0. The van der Waals surface area contributed by atoms with Crippen molar-refractivity contribution in [2.75, 3.05) is 4.90 Å². The summed E-state index contributed by atoms with van der Waals surface area (Å²) in [7, 11) is 0. The number of rotatable bonds is 6. The molecule has 0 spiro atoms. The van der Waals surface area contributed by atoms with Gasteiger partial charge >= 0.3 is 0 Å². The van der Waals surface area contributed by atoms with Gasteiger partial charge in [0.2, 0.25) is 0 Å². The maximum Gasteiger partial charge on any atom is 0.143 e. The molecule has 0 unspecified atom stereocenters. The minimum atomic E-state index is 0.884. The second-order valence-corrected chi connectivity index (χ2v) is 18.3. The van der Waals surface area contributed by atoms with Crippen LogP contribution in [0.2, 0.25) is 0 Å². The normalized spacial score (nSPS) is 12.0. The van der Waals surface area contributed by atoms with Crippen molar-refractivity contribution < 1.29 is 13.3 Å². The van der Waals surface area contributed by atoms with Gasteiger partial charge in [-0.15, -0.1) is 0 Å². The topological polar surface area (TPSA) is 42.7 Å². The van der Waals surface area contributed by atoms with Crippen molar-refractivity contribution in [1.29, 1.82) is 0 Å². The Morgan fingerprint density at radius 3 is 0.843 bits per heavy atom. The Morgan fingerprint density at radius 2 is 0.529 bits per heavy atom. The molecule has 70 heavy (non-hydrogen) atoms. The van der Waals surface area contributed by atoms with Crippen molar-refractivity contribution in [3.8, 4) is 33.4 Å². The third-order valence-corrected chi connectivity index (χ3v) is 14.5. The van der Waals surface area contributed by atoms with Crippen LogP contribution in [-0.2, 0) is 0 Å². The third-order valence-electron chi connectivity index (χ3n) is 14.5. The first-order valence-corrected chi connectivity index (χ1v) is 23.8. The molecule has 0 amide bonds. The van der Waals surface area contributed by atoms with Crippen molar-refractivity contribution in [3.05, 3.63) is 237 Å². The van der Waals surface area contributed by atoms with Crippen LogP contribution < -0.4 is 4.90 Å². The smallest absolute Gasteiger partial charge is 0.143 e. The molecule has 3 aromatic heterocycles. The highest BCUT2D eigenvalue weighted by Crippen LogP contribution is 2.45. The van der Waals surface area contributed by atoms with Crippen molar-refractivity contribution in [1.82, 2.24) is 0 Å². The van der Waals surface area contributed by atoms with Gasteiger partial charge < -0.3 is 18.2 Å². The molecule has 326 valence electrons. The minimum Gasteiger partial charge on any atom is -0.455 e. The fourth-order valence-corrected chi connectivity index (χ4v) is 11.2. The van der Waals surface area contributed by atoms with Crippen molar-refractivity contribution in [3.63, 3.8) is 0 Å². The van der Waals surface area contributed by atoms with Crippen molar-refractivity contribution in [2.45, 2.75) is 0 Å². The van der Waals surface area contributed by atoms with E-state index in [-0.39, 0.29) is 0 Å². The molecule has 0 atom stereocenters. The monoisotopic (exact) mass is 893 g/mol. The zero-order chi connectivity index (χ0) is 45.9. The quantitative estimate of drug-likeness (QED) is 0.167. The van der Waals surface area contributed by atoms with Crippen LogP contribution in [0.3, 0.4) is 0 Å². The Hall–Kier alpha value is -9.38. The Labute approximate surface area is 401 Å². The summed E-state index contributed by atoms with van der Waals surface area (Å²) >= 11 is 0. The van der Waals surface area contributed by atoms with E-state index in [0.717, 1.165) is 132 Å². The Kier molecular flexibility index (Phi) is 8.33. The molecule has 15 rings (SSSR count). The largest absolute Gasteiger partial charge is 0.455 e. The lowest BCUT2D eigenvalue weighted by atomic mass is 9.97. The molecule has 0 N–H and O–H groups in total. The van der Waals surface area contributed by atoms with Gasteiger partial charge in [0.1, 0.15) is 33.5 Å². The van der Waals surface area contributed by atoms with Crippen LogP contribution in [0.1, 0.15) is 0 Å². The Balaban J connectivity index is 0.853. The van der Waals surface area contributed by atoms with Gasteiger partial charge in [0.15, 0.2) is 0 Å². The molecular formula is C66H39NO3. The fraction of sp³-hybridized carbons (Fsp3) is 0. The van der Waals surface area contributed by atoms with Crippen LogP contribution in [0, 0.1) is 0 Å². The van der Waals surface area contributed by atoms with Crippen LogP contribution in [0.15, 0.2) is 250 Å². The highest BCUT2D eigenvalue weighted by Gasteiger charge is 2.20. The van der Waals surface area contributed by atoms with Gasteiger partial charge in [-0.2, -0.15) is 0 Å². The molecule has 0 aliphatic carbocycles. The maximum absolute atomic E-state index is 6.58. The fourth-order valence-electron chi connectivity index (χ4n) is 11.2. The van der Waals surface area contributed by atoms with E-state index in [1.54, 1.807) is 0 Å². The van der Waals surface area contributed by atoms with Crippen LogP contribution >= 0.6 is 0 Å². The van der Waals surface area contributed by atoms with Crippen LogP contribution in [0.25, 0.3) is 132 Å². The Morgan fingerprint density at radius 1 is 0.229 bits per heavy atom. The first-order chi connectivity index (χ1) is 34.7. The molecule has 0 saturated carbocycles. The standard InChI is InChI=1S/C66H39NO3/c1-4-13-52-40(10-1)28-37-55-61-49(16-7-19-58(61)68-64(52)55)43-22-31-46(32-23-43)67(47-33-24-44(25-34-47)50-17-8-20-59-62(50)56-38-29-41-11-2-5-14-53(41)65(56)69-59)48-35-26-45(27-36-48)51-18-9-21-60-63(51)57-39-30-42-12-3-6-15-54(42)66(57)70-60/h1-39H. The number of hydrogen-bond acceptors (Lipinski definition) is 4. The second-order valence-electron chi connectivity index (χ2n) is 18.3. The van der Waals surface area contributed by atoms with Gasteiger partial charge in [0, 0.05) is 65.5 Å². The molecule has 3 heterocycles. The molecule has 4 heteroatoms. The van der Waals surface area contributed by atoms with E-state index < -0.39 is 0 Å². The number of fused-ring (bicyclic) bond motifs is 15. The highest BCUT2D eigenvalue weighted by atomic mass is 16.3. The predicted octanol–water partition coefficient (Wildman–Crippen LogP) is 19.3. The van der Waals surface area contributed by atoms with Gasteiger partial charge in [-0.1, -0.05) is 164 Å². The maximum atomic E-state index is 6.58. The summed E-state index contributed by atoms with van der Waals surface area (Å²) in [5.41, 5.74) is 15.3. The number of furan rings is 3. The molecule has 12 aromatic carbocycles. The average Bonchev–Trinajstić information content (AvgIpc) is 4.14. The SMILES string of the molecule is c1ccc2c(c1)ccc1c2oc2cccc(-c3ccc(N(c4ccc(-c5cccc6oc7c8ccccc8ccc7c56)cc4)c4ccc(-c5cccc6oc7c8ccccc8ccc7c56)cc4)cc3)c21. The summed E-state index contributed by atoms with van der Waals surface area (Å²) < 4.78 is 19.8. The van der Waals surface area contributed by atoms with Gasteiger partial charge in [-0.25, -0.2) is 0 Å². The van der Waals surface area contributed by atoms with E-state index in [1.807, 2.05) is 0 Å². The summed E-state index contributed by atoms with van der Waals surface area (Å²) in [6.45, 7) is 0. The van der Waals surface area contributed by atoms with Gasteiger partial charge in [-0.3, -0.25) is 0 Å². The summed E-state index contributed by atoms with van der Waals surface area (Å²) in [4.78, 5) is 2.34. The third kappa shape index (κ3) is 5.84. The minimum absolute atomic E-state index is 0.884. The van der Waals surface area contributed by atoms with Crippen LogP contribution in [0.4, 0.5) is 17.1 Å². The van der Waals surface area contributed by atoms with Gasteiger partial charge in [-0.05, 0) is 122 Å². The van der Waals surface area contributed by atoms with E-state index in [0.29, 0.717) is 0 Å². The molecule has 0 bridgehead atoms. The van der Waals surface area contributed by atoms with E-state index in [9.17, 15) is 0 Å². The van der Waals surface area contributed by atoms with Crippen LogP contribution in [-0.4, -0.2) is 0 Å². The van der Waals surface area contributed by atoms with E-state index in [4.69, 9.17) is 13.3 Å². The van der Waals surface area contributed by atoms with Crippen molar-refractivity contribution in [2.24, 2.45) is 0 Å². The molecule has 0 fully saturated rings. The first kappa shape index (κ1) is 38.7. The van der Waals surface area contributed by atoms with Gasteiger partial charge in [0.05, 0.1) is 0 Å². The Bertz CT molecular complexity index is 4100. The molecule has 4 nitrogen and oxygen atoms in total. The lowest BCUT2D eigenvalue weighted by Crippen LogP contribution is -2.09. The summed E-state index contributed by atoms with van der Waals surface area (Å²) in [6.07, 6.45) is 0. The predicted molar refractivity (Wildman–Crippen MR) is 292 cm³/mol. The number of benzene rings is 12. The number of anilines is 3. The zero-order valence-corrected chi connectivity index (χ0v) is 37.7. The van der Waals surface area contributed by atoms with E-state index in [2.05, 4.69) is 241 Å². The molecule has 0 aliphatic rings. The summed E-state index contributed by atoms with van der Waals surface area (Å²) in [6, 6.07) is 84.4. The van der Waals surface area contributed by atoms with E-state index in [1.165, 1.54) is 16.2 Å². The molecule has 15 aromatic rings. The molecule has 0 saturated heterocycles. The highest BCUT2D eigenvalue weighted by molar-refractivity contribution is 6.21. The number of nitrogens with zero attached hydrogens (tertiary/aromatic N) is 1. The molecule has 0 aliphatic heterocycles. The lowest BCUT2D eigenvalue weighted by molar-refractivity contribution is 0.672. The summed E-state index contributed by atoms with van der Waals surface area (Å²) in [5.74, 6) is 0. The zero-order valence-electron chi connectivity index (χ0n) is 37.7. The second kappa shape index (κ2) is 15.1. The molecule has 0 radical (unpaired) electrons. The summed E-state index contributed by atoms with van der Waals surface area (Å²) in [5, 5.41) is 13.6. The lowest BCUT2D eigenvalue weighted by Gasteiger charge is -2.26. The molecular weight excluding hydrogens is 855 g/mol. The van der Waals surface area contributed by atoms with E-state index >= 15 is 0 Å². The van der Waals surface area contributed by atoms with Crippen molar-refractivity contribution >= 4 is 115 Å².